The minimum atomic E-state index is -3.88. The number of nitrogens with one attached hydrogen (secondary N) is 1. The van der Waals surface area contributed by atoms with Crippen molar-refractivity contribution < 1.29 is 23.1 Å². The molecule has 11 heteroatoms. The Kier molecular flexibility index (Phi) is 7.65. The van der Waals surface area contributed by atoms with E-state index in [9.17, 15) is 18.3 Å². The molecule has 2 aromatic rings. The van der Waals surface area contributed by atoms with E-state index >= 15 is 0 Å². The molecule has 2 N–H and O–H groups in total. The lowest BCUT2D eigenvalue weighted by atomic mass is 10.0. The summed E-state index contributed by atoms with van der Waals surface area (Å²) in [5.41, 5.74) is 0.892. The minimum Gasteiger partial charge on any atom is -0.488 e. The number of aliphatic hydroxyl groups is 1. The number of aromatic nitrogens is 2. The monoisotopic (exact) mass is 479 g/mol. The van der Waals surface area contributed by atoms with E-state index < -0.39 is 10.0 Å². The van der Waals surface area contributed by atoms with Crippen LogP contribution in [0.2, 0.25) is 0 Å². The minimum absolute atomic E-state index is 0.0126. The first-order chi connectivity index (χ1) is 15.5. The van der Waals surface area contributed by atoms with Crippen molar-refractivity contribution in [2.75, 3.05) is 38.5 Å². The number of aryl methyl sites for hydroxylation is 1. The molecule has 3 rings (SSSR count). The van der Waals surface area contributed by atoms with E-state index in [1.165, 1.54) is 12.5 Å². The van der Waals surface area contributed by atoms with Gasteiger partial charge in [-0.05, 0) is 39.2 Å². The zero-order valence-electron chi connectivity index (χ0n) is 19.7. The van der Waals surface area contributed by atoms with Gasteiger partial charge in [-0.1, -0.05) is 6.92 Å². The Balaban J connectivity index is 1.97. The predicted octanol–water partition coefficient (Wildman–Crippen LogP) is 0.932. The van der Waals surface area contributed by atoms with Gasteiger partial charge in [0, 0.05) is 43.5 Å². The molecule has 0 unspecified atom stereocenters. The van der Waals surface area contributed by atoms with Gasteiger partial charge in [-0.15, -0.1) is 0 Å². The lowest BCUT2D eigenvalue weighted by molar-refractivity contribution is -0.134. The van der Waals surface area contributed by atoms with E-state index in [0.717, 1.165) is 0 Å². The third-order valence-corrected chi connectivity index (χ3v) is 6.94. The SMILES string of the molecule is C[C@H](CO)N1C[C@H](C)[C@H](CN(C)C)Oc2ccc(NS(=O)(=O)c3cn(C)cn3)cc2CC1=O. The van der Waals surface area contributed by atoms with Gasteiger partial charge in [0.05, 0.1) is 25.4 Å². The number of anilines is 1. The zero-order chi connectivity index (χ0) is 24.3. The number of benzene rings is 1. The summed E-state index contributed by atoms with van der Waals surface area (Å²) < 4.78 is 35.8. The summed E-state index contributed by atoms with van der Waals surface area (Å²) in [7, 11) is 1.72. The second kappa shape index (κ2) is 10.1. The molecule has 0 saturated heterocycles. The van der Waals surface area contributed by atoms with Gasteiger partial charge in [0.15, 0.2) is 5.03 Å². The van der Waals surface area contributed by atoms with Gasteiger partial charge in [-0.3, -0.25) is 9.52 Å². The topological polar surface area (TPSA) is 117 Å². The van der Waals surface area contributed by atoms with Crippen molar-refractivity contribution in [2.24, 2.45) is 13.0 Å². The molecule has 1 aromatic heterocycles. The van der Waals surface area contributed by atoms with Crippen molar-refractivity contribution in [1.29, 1.82) is 0 Å². The van der Waals surface area contributed by atoms with Crippen LogP contribution < -0.4 is 9.46 Å². The van der Waals surface area contributed by atoms with Crippen LogP contribution in [0.5, 0.6) is 5.75 Å². The maximum atomic E-state index is 13.2. The number of nitrogens with zero attached hydrogens (tertiary/aromatic N) is 4. The summed E-state index contributed by atoms with van der Waals surface area (Å²) in [5.74, 6) is 0.406. The summed E-state index contributed by atoms with van der Waals surface area (Å²) >= 11 is 0. The number of sulfonamides is 1. The summed E-state index contributed by atoms with van der Waals surface area (Å²) in [5, 5.41) is 9.60. The predicted molar refractivity (Wildman–Crippen MR) is 125 cm³/mol. The number of ether oxygens (including phenoxy) is 1. The van der Waals surface area contributed by atoms with Crippen LogP contribution in [0.1, 0.15) is 19.4 Å². The number of amides is 1. The van der Waals surface area contributed by atoms with Crippen LogP contribution in [0.25, 0.3) is 0 Å². The van der Waals surface area contributed by atoms with Gasteiger partial charge in [0.1, 0.15) is 11.9 Å². The highest BCUT2D eigenvalue weighted by molar-refractivity contribution is 7.92. The quantitative estimate of drug-likeness (QED) is 0.607. The molecule has 2 heterocycles. The van der Waals surface area contributed by atoms with Crippen LogP contribution in [0.15, 0.2) is 35.7 Å². The molecular weight excluding hydrogens is 446 g/mol. The molecule has 0 bridgehead atoms. The number of carbonyl (C=O) groups excluding carboxylic acids is 1. The lowest BCUT2D eigenvalue weighted by Gasteiger charge is -2.33. The van der Waals surface area contributed by atoms with Crippen molar-refractivity contribution in [3.63, 3.8) is 0 Å². The van der Waals surface area contributed by atoms with E-state index in [1.54, 1.807) is 34.7 Å². The number of carbonyl (C=O) groups is 1. The maximum absolute atomic E-state index is 13.2. The molecule has 33 heavy (non-hydrogen) atoms. The Bertz CT molecular complexity index is 1080. The fraction of sp³-hybridized carbons (Fsp3) is 0.545. The molecule has 1 amide bonds. The summed E-state index contributed by atoms with van der Waals surface area (Å²) in [6.45, 7) is 4.78. The van der Waals surface area contributed by atoms with Gasteiger partial charge >= 0.3 is 0 Å². The average molecular weight is 480 g/mol. The molecule has 0 fully saturated rings. The van der Waals surface area contributed by atoms with E-state index in [4.69, 9.17) is 4.74 Å². The van der Waals surface area contributed by atoms with Gasteiger partial charge in [0.25, 0.3) is 10.0 Å². The first kappa shape index (κ1) is 25.0. The van der Waals surface area contributed by atoms with Crippen LogP contribution >= 0.6 is 0 Å². The fourth-order valence-corrected chi connectivity index (χ4v) is 4.84. The first-order valence-electron chi connectivity index (χ1n) is 10.9. The third kappa shape index (κ3) is 6.04. The standard InChI is InChI=1S/C22H33N5O5S/c1-15-10-27(16(2)13-28)22(29)9-17-8-18(6-7-19(17)32-20(15)11-25(3)4)24-33(30,31)21-12-26(5)14-23-21/h6-8,12,14-16,20,24,28H,9-11,13H2,1-5H3/t15-,16+,20-/m0/s1. The third-order valence-electron chi connectivity index (χ3n) is 5.67. The molecule has 1 aliphatic rings. The largest absolute Gasteiger partial charge is 0.488 e. The van der Waals surface area contributed by atoms with Crippen LogP contribution in [0, 0.1) is 5.92 Å². The number of hydrogen-bond acceptors (Lipinski definition) is 7. The number of imidazole rings is 1. The Morgan fingerprint density at radius 2 is 2.09 bits per heavy atom. The zero-order valence-corrected chi connectivity index (χ0v) is 20.5. The number of rotatable bonds is 7. The molecule has 0 aliphatic carbocycles. The molecule has 182 valence electrons. The summed E-state index contributed by atoms with van der Waals surface area (Å²) in [6, 6.07) is 4.59. The van der Waals surface area contributed by atoms with E-state index in [0.29, 0.717) is 30.1 Å². The maximum Gasteiger partial charge on any atom is 0.280 e. The second-order valence-corrected chi connectivity index (χ2v) is 10.6. The van der Waals surface area contributed by atoms with Crippen LogP contribution in [-0.2, 0) is 28.3 Å². The van der Waals surface area contributed by atoms with Gasteiger partial charge in [0.2, 0.25) is 5.91 Å². The van der Waals surface area contributed by atoms with Gasteiger partial charge in [-0.2, -0.15) is 8.42 Å². The molecule has 0 radical (unpaired) electrons. The highest BCUT2D eigenvalue weighted by Crippen LogP contribution is 2.30. The first-order valence-corrected chi connectivity index (χ1v) is 12.3. The van der Waals surface area contributed by atoms with E-state index in [1.807, 2.05) is 32.8 Å². The highest BCUT2D eigenvalue weighted by atomic mass is 32.2. The second-order valence-electron chi connectivity index (χ2n) is 8.96. The average Bonchev–Trinajstić information content (AvgIpc) is 3.19. The molecule has 0 saturated carbocycles. The van der Waals surface area contributed by atoms with E-state index in [2.05, 4.69) is 9.71 Å². The van der Waals surface area contributed by atoms with Crippen LogP contribution in [-0.4, -0.2) is 84.7 Å². The van der Waals surface area contributed by atoms with E-state index in [-0.39, 0.29) is 42.0 Å². The van der Waals surface area contributed by atoms with Crippen LogP contribution in [0.3, 0.4) is 0 Å². The van der Waals surface area contributed by atoms with Gasteiger partial charge in [-0.25, -0.2) is 4.98 Å². The number of likely N-dealkylation sites (N-methyl/N-ethyl adjacent to an activating group) is 1. The van der Waals surface area contributed by atoms with Crippen molar-refractivity contribution in [3.8, 4) is 5.75 Å². The molecular formula is C22H33N5O5S. The molecule has 10 nitrogen and oxygen atoms in total. The van der Waals surface area contributed by atoms with Gasteiger partial charge < -0.3 is 24.2 Å². The van der Waals surface area contributed by atoms with Crippen molar-refractivity contribution >= 4 is 21.6 Å². The Hall–Kier alpha value is -2.63. The Labute approximate surface area is 195 Å². The van der Waals surface area contributed by atoms with Crippen molar-refractivity contribution in [3.05, 3.63) is 36.3 Å². The molecule has 3 atom stereocenters. The summed E-state index contributed by atoms with van der Waals surface area (Å²) in [6.07, 6.45) is 2.65. The number of aliphatic hydroxyl groups excluding tert-OH is 1. The smallest absolute Gasteiger partial charge is 0.280 e. The summed E-state index contributed by atoms with van der Waals surface area (Å²) in [4.78, 5) is 20.8. The molecule has 1 aromatic carbocycles. The highest BCUT2D eigenvalue weighted by Gasteiger charge is 2.31. The molecule has 1 aliphatic heterocycles. The van der Waals surface area contributed by atoms with Crippen molar-refractivity contribution in [2.45, 2.75) is 37.4 Å². The number of fused-ring (bicyclic) bond motifs is 1. The van der Waals surface area contributed by atoms with Crippen molar-refractivity contribution in [1.82, 2.24) is 19.4 Å². The Morgan fingerprint density at radius 3 is 2.70 bits per heavy atom. The normalized spacial score (nSPS) is 20.5. The Morgan fingerprint density at radius 1 is 1.36 bits per heavy atom. The number of hydrogen-bond donors (Lipinski definition) is 2. The molecule has 0 spiro atoms. The fourth-order valence-electron chi connectivity index (χ4n) is 3.81. The van der Waals surface area contributed by atoms with Crippen LogP contribution in [0.4, 0.5) is 5.69 Å². The lowest BCUT2D eigenvalue weighted by Crippen LogP contribution is -2.47.